The fourth-order valence-corrected chi connectivity index (χ4v) is 3.05. The first kappa shape index (κ1) is 18.2. The van der Waals surface area contributed by atoms with Crippen molar-refractivity contribution in [3.63, 3.8) is 0 Å². The maximum Gasteiger partial charge on any atom is 0.117 e. The van der Waals surface area contributed by atoms with Crippen molar-refractivity contribution in [3.8, 4) is 0 Å². The van der Waals surface area contributed by atoms with E-state index >= 15 is 0 Å². The van der Waals surface area contributed by atoms with Crippen molar-refractivity contribution in [3.05, 3.63) is 21.6 Å². The zero-order valence-corrected chi connectivity index (χ0v) is 14.7. The van der Waals surface area contributed by atoms with Gasteiger partial charge in [0.2, 0.25) is 0 Å². The van der Waals surface area contributed by atoms with E-state index in [0.717, 1.165) is 21.2 Å². The summed E-state index contributed by atoms with van der Waals surface area (Å²) in [4.78, 5) is 5.40. The molecule has 0 aromatic carbocycles. The smallest absolute Gasteiger partial charge is 0.117 e. The van der Waals surface area contributed by atoms with E-state index < -0.39 is 12.2 Å². The molecule has 0 radical (unpaired) electrons. The third kappa shape index (κ3) is 5.15. The molecule has 21 heavy (non-hydrogen) atoms. The molecule has 0 spiro atoms. The molecular weight excluding hydrogens is 287 g/mol. The van der Waals surface area contributed by atoms with Crippen LogP contribution in [0.3, 0.4) is 0 Å². The van der Waals surface area contributed by atoms with Crippen LogP contribution in [0, 0.1) is 5.92 Å². The lowest BCUT2D eigenvalue weighted by atomic mass is 10.00. The van der Waals surface area contributed by atoms with Crippen LogP contribution in [-0.4, -0.2) is 38.2 Å². The van der Waals surface area contributed by atoms with Crippen molar-refractivity contribution >= 4 is 17.5 Å². The van der Waals surface area contributed by atoms with Crippen LogP contribution in [0.2, 0.25) is 0 Å². The molecule has 3 nitrogen and oxygen atoms in total. The van der Waals surface area contributed by atoms with E-state index in [1.54, 1.807) is 18.8 Å². The first-order valence-electron chi connectivity index (χ1n) is 7.26. The lowest BCUT2D eigenvalue weighted by Crippen LogP contribution is -2.61. The third-order valence-electron chi connectivity index (χ3n) is 3.23. The topological polar surface area (TPSA) is 33.6 Å². The molecule has 120 valence electrons. The van der Waals surface area contributed by atoms with Crippen molar-refractivity contribution in [2.45, 2.75) is 40.2 Å². The number of rotatable bonds is 7. The quantitative estimate of drug-likeness (QED) is 0.723. The molecule has 1 aliphatic rings. The van der Waals surface area contributed by atoms with Gasteiger partial charge < -0.3 is 10.1 Å². The first-order chi connectivity index (χ1) is 9.83. The Balaban J connectivity index is 2.94. The highest BCUT2D eigenvalue weighted by Gasteiger charge is 2.39. The van der Waals surface area contributed by atoms with Crippen LogP contribution < -0.4 is 5.32 Å². The Labute approximate surface area is 132 Å². The molecule has 0 atom stereocenters. The van der Waals surface area contributed by atoms with E-state index in [0.29, 0.717) is 19.1 Å². The molecule has 1 rings (SSSR count). The predicted molar refractivity (Wildman–Crippen MR) is 90.6 cm³/mol. The highest BCUT2D eigenvalue weighted by Crippen LogP contribution is 2.31. The zero-order chi connectivity index (χ0) is 16.0. The maximum atomic E-state index is 13.3. The van der Waals surface area contributed by atoms with Crippen molar-refractivity contribution in [2.75, 3.05) is 26.9 Å². The number of hydrogen-bond acceptors (Lipinski definition) is 4. The van der Waals surface area contributed by atoms with Gasteiger partial charge in [0, 0.05) is 17.7 Å². The van der Waals surface area contributed by atoms with Crippen LogP contribution in [0.1, 0.15) is 34.6 Å². The molecule has 0 aliphatic carbocycles. The first-order valence-corrected chi connectivity index (χ1v) is 8.08. The van der Waals surface area contributed by atoms with Crippen molar-refractivity contribution in [2.24, 2.45) is 10.9 Å². The molecule has 1 saturated heterocycles. The van der Waals surface area contributed by atoms with E-state index in [9.17, 15) is 4.39 Å². The molecule has 1 heterocycles. The second kappa shape index (κ2) is 7.99. The number of allylic oxidation sites excluding steroid dienone is 3. The average molecular weight is 314 g/mol. The summed E-state index contributed by atoms with van der Waals surface area (Å²) in [5.41, 5.74) is 1.58. The molecule has 0 aromatic heterocycles. The molecule has 1 N–H and O–H groups in total. The maximum absolute atomic E-state index is 13.3. The Hall–Kier alpha value is -0.810. The van der Waals surface area contributed by atoms with E-state index in [1.165, 1.54) is 0 Å². The van der Waals surface area contributed by atoms with E-state index in [1.807, 2.05) is 20.8 Å². The summed E-state index contributed by atoms with van der Waals surface area (Å²) >= 11 is 1.63. The summed E-state index contributed by atoms with van der Waals surface area (Å²) < 4.78 is 18.5. The van der Waals surface area contributed by atoms with Gasteiger partial charge in [-0.1, -0.05) is 31.7 Å². The normalized spacial score (nSPS) is 18.5. The summed E-state index contributed by atoms with van der Waals surface area (Å²) in [5, 5.41) is 4.34. The standard InChI is InChI=1S/C16H27FN2OS/c1-11(2)7-14(13(5)18-6)21-15(12(3)4)19-16(8-17)9-20-10-16/h7,11,19H,8-10H2,1-6H3/b14-7+,18-13?. The van der Waals surface area contributed by atoms with Crippen molar-refractivity contribution in [1.82, 2.24) is 5.32 Å². The highest BCUT2D eigenvalue weighted by molar-refractivity contribution is 8.07. The van der Waals surface area contributed by atoms with Gasteiger partial charge in [0.05, 0.1) is 18.2 Å². The monoisotopic (exact) mass is 314 g/mol. The summed E-state index contributed by atoms with van der Waals surface area (Å²) in [6, 6.07) is 0. The molecule has 0 unspecified atom stereocenters. The molecule has 1 fully saturated rings. The van der Waals surface area contributed by atoms with Crippen LogP contribution in [0.4, 0.5) is 4.39 Å². The minimum atomic E-state index is -0.556. The minimum absolute atomic E-state index is 0.422. The molecule has 0 amide bonds. The number of alkyl halides is 1. The summed E-state index contributed by atoms with van der Waals surface area (Å²) in [6.07, 6.45) is 2.19. The Kier molecular flexibility index (Phi) is 6.94. The van der Waals surface area contributed by atoms with Crippen LogP contribution in [0.15, 0.2) is 26.6 Å². The number of aliphatic imine (C=N–C) groups is 1. The lowest BCUT2D eigenvalue weighted by Gasteiger charge is -2.41. The number of nitrogens with zero attached hydrogens (tertiary/aromatic N) is 1. The van der Waals surface area contributed by atoms with Crippen LogP contribution in [0.25, 0.3) is 0 Å². The van der Waals surface area contributed by atoms with E-state index in [2.05, 4.69) is 30.2 Å². The van der Waals surface area contributed by atoms with E-state index in [-0.39, 0.29) is 0 Å². The van der Waals surface area contributed by atoms with Crippen LogP contribution in [-0.2, 0) is 4.74 Å². The number of nitrogens with one attached hydrogen (secondary N) is 1. The summed E-state index contributed by atoms with van der Waals surface area (Å²) in [6.45, 7) is 10.8. The number of thioether (sulfide) groups is 1. The lowest BCUT2D eigenvalue weighted by molar-refractivity contribution is -0.0783. The Morgan fingerprint density at radius 3 is 2.33 bits per heavy atom. The number of halogens is 1. The van der Waals surface area contributed by atoms with Gasteiger partial charge in [0.1, 0.15) is 12.2 Å². The Morgan fingerprint density at radius 1 is 1.38 bits per heavy atom. The zero-order valence-electron chi connectivity index (χ0n) is 13.9. The fourth-order valence-electron chi connectivity index (χ4n) is 1.78. The second-order valence-electron chi connectivity index (χ2n) is 6.05. The second-order valence-corrected chi connectivity index (χ2v) is 7.10. The largest absolute Gasteiger partial charge is 0.376 e. The molecule has 0 aromatic rings. The van der Waals surface area contributed by atoms with Crippen LogP contribution >= 0.6 is 11.8 Å². The highest BCUT2D eigenvalue weighted by atomic mass is 32.2. The molecule has 0 bridgehead atoms. The third-order valence-corrected chi connectivity index (χ3v) is 4.60. The number of ether oxygens (including phenoxy) is 1. The molecule has 1 aliphatic heterocycles. The van der Waals surface area contributed by atoms with Gasteiger partial charge in [0.25, 0.3) is 0 Å². The van der Waals surface area contributed by atoms with Crippen molar-refractivity contribution in [1.29, 1.82) is 0 Å². The van der Waals surface area contributed by atoms with Gasteiger partial charge in [0.15, 0.2) is 0 Å². The SMILES string of the molecule is CN=C(C)/C(=C\C(C)C)SC(NC1(CF)COC1)=C(C)C. The average Bonchev–Trinajstić information content (AvgIpc) is 2.38. The van der Waals surface area contributed by atoms with Gasteiger partial charge in [-0.3, -0.25) is 4.99 Å². The Morgan fingerprint density at radius 2 is 2.00 bits per heavy atom. The minimum Gasteiger partial charge on any atom is -0.376 e. The van der Waals surface area contributed by atoms with Crippen LogP contribution in [0.5, 0.6) is 0 Å². The van der Waals surface area contributed by atoms with Gasteiger partial charge in [-0.25, -0.2) is 4.39 Å². The summed E-state index contributed by atoms with van der Waals surface area (Å²) in [7, 11) is 1.79. The number of hydrogen-bond donors (Lipinski definition) is 1. The molecular formula is C16H27FN2OS. The Bertz CT molecular complexity index is 442. The predicted octanol–water partition coefficient (Wildman–Crippen LogP) is 3.93. The van der Waals surface area contributed by atoms with E-state index in [4.69, 9.17) is 4.74 Å². The van der Waals surface area contributed by atoms with Gasteiger partial charge in [-0.05, 0) is 32.3 Å². The van der Waals surface area contributed by atoms with Gasteiger partial charge >= 0.3 is 0 Å². The molecule has 0 saturated carbocycles. The fraction of sp³-hybridized carbons (Fsp3) is 0.688. The van der Waals surface area contributed by atoms with Gasteiger partial charge in [-0.2, -0.15) is 0 Å². The molecule has 5 heteroatoms. The van der Waals surface area contributed by atoms with Crippen molar-refractivity contribution < 1.29 is 9.13 Å². The van der Waals surface area contributed by atoms with Gasteiger partial charge in [-0.15, -0.1) is 0 Å². The summed E-state index contributed by atoms with van der Waals surface area (Å²) in [5.74, 6) is 0.435.